The minimum absolute atomic E-state index is 0.184. The number of aliphatic hydroxyl groups is 1. The number of aliphatic hydroxyl groups excluding tert-OH is 1. The average molecular weight is 233 g/mol. The Morgan fingerprint density at radius 1 is 1.19 bits per heavy atom. The summed E-state index contributed by atoms with van der Waals surface area (Å²) in [7, 11) is 1.73. The van der Waals surface area contributed by atoms with Crippen LogP contribution in [0.2, 0.25) is 0 Å². The van der Waals surface area contributed by atoms with Gasteiger partial charge in [-0.15, -0.1) is 0 Å². The smallest absolute Gasteiger partial charge is 0.0897 e. The lowest BCUT2D eigenvalue weighted by Gasteiger charge is -2.14. The van der Waals surface area contributed by atoms with Gasteiger partial charge in [0.2, 0.25) is 0 Å². The lowest BCUT2D eigenvalue weighted by atomic mass is 10.2. The Bertz CT molecular complexity index is 142. The molecule has 0 spiro atoms. The number of hydrogen-bond acceptors (Lipinski definition) is 4. The molecule has 0 aliphatic heterocycles. The van der Waals surface area contributed by atoms with Gasteiger partial charge in [0.15, 0.2) is 0 Å². The van der Waals surface area contributed by atoms with Crippen LogP contribution in [0.25, 0.3) is 0 Å². The van der Waals surface area contributed by atoms with Gasteiger partial charge in [-0.05, 0) is 39.7 Å². The largest absolute Gasteiger partial charge is 0.389 e. The monoisotopic (exact) mass is 233 g/mol. The first kappa shape index (κ1) is 15.8. The maximum Gasteiger partial charge on any atom is 0.0897 e. The minimum Gasteiger partial charge on any atom is -0.389 e. The van der Waals surface area contributed by atoms with Gasteiger partial charge in [0.1, 0.15) is 0 Å². The van der Waals surface area contributed by atoms with Crippen LogP contribution in [0.1, 0.15) is 33.1 Å². The Labute approximate surface area is 99.3 Å². The molecule has 1 atom stereocenters. The minimum atomic E-state index is -0.402. The van der Waals surface area contributed by atoms with Gasteiger partial charge >= 0.3 is 0 Å². The van der Waals surface area contributed by atoms with Crippen LogP contribution in [-0.2, 0) is 9.47 Å². The van der Waals surface area contributed by atoms with E-state index < -0.39 is 6.10 Å². The maximum atomic E-state index is 9.53. The third-order valence-corrected chi connectivity index (χ3v) is 2.20. The Morgan fingerprint density at radius 2 is 1.94 bits per heavy atom. The molecule has 0 saturated carbocycles. The van der Waals surface area contributed by atoms with Gasteiger partial charge in [0.05, 0.1) is 18.8 Å². The summed E-state index contributed by atoms with van der Waals surface area (Å²) in [5.41, 5.74) is 0. The Hall–Kier alpha value is -0.160. The van der Waals surface area contributed by atoms with E-state index in [4.69, 9.17) is 9.47 Å². The van der Waals surface area contributed by atoms with Gasteiger partial charge in [0.25, 0.3) is 0 Å². The standard InChI is InChI=1S/C12H27NO3/c1-11(2)16-10-12(14)9-13-7-5-4-6-8-15-3/h11-14H,4-10H2,1-3H3. The van der Waals surface area contributed by atoms with Gasteiger partial charge in [-0.1, -0.05) is 0 Å². The van der Waals surface area contributed by atoms with E-state index in [0.717, 1.165) is 26.0 Å². The molecular formula is C12H27NO3. The van der Waals surface area contributed by atoms with E-state index in [-0.39, 0.29) is 6.10 Å². The van der Waals surface area contributed by atoms with Crippen molar-refractivity contribution >= 4 is 0 Å². The number of methoxy groups -OCH3 is 1. The molecule has 4 nitrogen and oxygen atoms in total. The molecule has 0 rings (SSSR count). The molecular weight excluding hydrogens is 206 g/mol. The maximum absolute atomic E-state index is 9.53. The molecule has 0 amide bonds. The molecule has 2 N–H and O–H groups in total. The molecule has 0 aromatic carbocycles. The first-order valence-electron chi connectivity index (χ1n) is 6.16. The van der Waals surface area contributed by atoms with Crippen LogP contribution in [0.4, 0.5) is 0 Å². The SMILES string of the molecule is COCCCCCNCC(O)COC(C)C. The third-order valence-electron chi connectivity index (χ3n) is 2.20. The van der Waals surface area contributed by atoms with Crippen molar-refractivity contribution < 1.29 is 14.6 Å². The second-order valence-electron chi connectivity index (χ2n) is 4.29. The predicted octanol–water partition coefficient (Wildman–Crippen LogP) is 1.18. The van der Waals surface area contributed by atoms with Gasteiger partial charge in [-0.3, -0.25) is 0 Å². The van der Waals surface area contributed by atoms with Crippen LogP contribution in [0.15, 0.2) is 0 Å². The highest BCUT2D eigenvalue weighted by Crippen LogP contribution is 1.94. The summed E-state index contributed by atoms with van der Waals surface area (Å²) in [5, 5.41) is 12.7. The molecule has 98 valence electrons. The Balaban J connectivity index is 3.12. The van der Waals surface area contributed by atoms with E-state index in [1.165, 1.54) is 6.42 Å². The lowest BCUT2D eigenvalue weighted by Crippen LogP contribution is -2.31. The van der Waals surface area contributed by atoms with Crippen molar-refractivity contribution in [1.82, 2.24) is 5.32 Å². The molecule has 0 bridgehead atoms. The number of nitrogens with one attached hydrogen (secondary N) is 1. The van der Waals surface area contributed by atoms with E-state index in [0.29, 0.717) is 13.2 Å². The van der Waals surface area contributed by atoms with Crippen LogP contribution in [0.5, 0.6) is 0 Å². The summed E-state index contributed by atoms with van der Waals surface area (Å²) in [6.45, 7) is 6.74. The zero-order chi connectivity index (χ0) is 12.2. The van der Waals surface area contributed by atoms with Gasteiger partial charge in [-0.25, -0.2) is 0 Å². The van der Waals surface area contributed by atoms with Gasteiger partial charge in [0, 0.05) is 20.3 Å². The van der Waals surface area contributed by atoms with Crippen molar-refractivity contribution in [2.24, 2.45) is 0 Å². The highest BCUT2D eigenvalue weighted by Gasteiger charge is 2.04. The van der Waals surface area contributed by atoms with Gasteiger partial charge in [-0.2, -0.15) is 0 Å². The topological polar surface area (TPSA) is 50.7 Å². The average Bonchev–Trinajstić information content (AvgIpc) is 2.25. The fourth-order valence-corrected chi connectivity index (χ4v) is 1.30. The van der Waals surface area contributed by atoms with Crippen LogP contribution in [-0.4, -0.2) is 50.7 Å². The number of unbranched alkanes of at least 4 members (excludes halogenated alkanes) is 2. The van der Waals surface area contributed by atoms with E-state index in [1.807, 2.05) is 13.8 Å². The van der Waals surface area contributed by atoms with Crippen molar-refractivity contribution in [2.45, 2.75) is 45.3 Å². The molecule has 0 saturated heterocycles. The quantitative estimate of drug-likeness (QED) is 0.526. The first-order chi connectivity index (χ1) is 7.66. The van der Waals surface area contributed by atoms with Gasteiger partial charge < -0.3 is 19.9 Å². The first-order valence-corrected chi connectivity index (χ1v) is 6.16. The number of ether oxygens (including phenoxy) is 2. The van der Waals surface area contributed by atoms with Crippen molar-refractivity contribution in [3.05, 3.63) is 0 Å². The number of hydrogen-bond donors (Lipinski definition) is 2. The molecule has 0 radical (unpaired) electrons. The normalized spacial score (nSPS) is 13.3. The Kier molecular flexibility index (Phi) is 11.2. The van der Waals surface area contributed by atoms with Crippen molar-refractivity contribution in [3.63, 3.8) is 0 Å². The second-order valence-corrected chi connectivity index (χ2v) is 4.29. The highest BCUT2D eigenvalue weighted by molar-refractivity contribution is 4.59. The second kappa shape index (κ2) is 11.3. The predicted molar refractivity (Wildman–Crippen MR) is 65.7 cm³/mol. The van der Waals surface area contributed by atoms with E-state index in [9.17, 15) is 5.11 Å². The Morgan fingerprint density at radius 3 is 2.56 bits per heavy atom. The van der Waals surface area contributed by atoms with Crippen LogP contribution in [0.3, 0.4) is 0 Å². The van der Waals surface area contributed by atoms with Crippen LogP contribution < -0.4 is 5.32 Å². The van der Waals surface area contributed by atoms with E-state index in [1.54, 1.807) is 7.11 Å². The van der Waals surface area contributed by atoms with E-state index in [2.05, 4.69) is 5.32 Å². The summed E-state index contributed by atoms with van der Waals surface area (Å²) in [6, 6.07) is 0. The fourth-order valence-electron chi connectivity index (χ4n) is 1.30. The molecule has 0 fully saturated rings. The van der Waals surface area contributed by atoms with Crippen molar-refractivity contribution in [2.75, 3.05) is 33.4 Å². The summed E-state index contributed by atoms with van der Waals surface area (Å²) in [4.78, 5) is 0. The molecule has 4 heteroatoms. The summed E-state index contributed by atoms with van der Waals surface area (Å²) < 4.78 is 10.3. The third kappa shape index (κ3) is 11.9. The molecule has 0 aromatic heterocycles. The summed E-state index contributed by atoms with van der Waals surface area (Å²) >= 11 is 0. The molecule has 0 aliphatic rings. The fraction of sp³-hybridized carbons (Fsp3) is 1.00. The summed E-state index contributed by atoms with van der Waals surface area (Å²) in [6.07, 6.45) is 3.18. The summed E-state index contributed by atoms with van der Waals surface area (Å²) in [5.74, 6) is 0. The van der Waals surface area contributed by atoms with Crippen molar-refractivity contribution in [3.8, 4) is 0 Å². The van der Waals surface area contributed by atoms with Crippen LogP contribution in [0, 0.1) is 0 Å². The molecule has 0 heterocycles. The highest BCUT2D eigenvalue weighted by atomic mass is 16.5. The zero-order valence-electron chi connectivity index (χ0n) is 10.9. The van der Waals surface area contributed by atoms with Crippen LogP contribution >= 0.6 is 0 Å². The molecule has 1 unspecified atom stereocenters. The molecule has 0 aromatic rings. The van der Waals surface area contributed by atoms with Crippen molar-refractivity contribution in [1.29, 1.82) is 0 Å². The number of rotatable bonds is 11. The molecule has 16 heavy (non-hydrogen) atoms. The zero-order valence-corrected chi connectivity index (χ0v) is 10.9. The van der Waals surface area contributed by atoms with E-state index >= 15 is 0 Å². The lowest BCUT2D eigenvalue weighted by molar-refractivity contribution is 0.00645. The molecule has 0 aliphatic carbocycles.